The van der Waals surface area contributed by atoms with Crippen LogP contribution in [0.25, 0.3) is 0 Å². The summed E-state index contributed by atoms with van der Waals surface area (Å²) in [4.78, 5) is 14.0. The Bertz CT molecular complexity index is 317. The number of carboxylic acid groups (broad SMARTS) is 1. The molecule has 0 amide bonds. The number of aliphatic carboxylic acids is 1. The molecule has 2 rings (SSSR count). The van der Waals surface area contributed by atoms with Crippen molar-refractivity contribution in [1.82, 2.24) is 10.2 Å². The summed E-state index contributed by atoms with van der Waals surface area (Å²) < 4.78 is 0. The minimum Gasteiger partial charge on any atom is -0.480 e. The fourth-order valence-corrected chi connectivity index (χ4v) is 3.20. The van der Waals surface area contributed by atoms with Crippen LogP contribution in [-0.4, -0.2) is 46.2 Å². The smallest absolute Gasteiger partial charge is 0.323 e. The zero-order valence-corrected chi connectivity index (χ0v) is 11.8. The molecule has 0 aromatic rings. The Balaban J connectivity index is 1.96. The van der Waals surface area contributed by atoms with Crippen molar-refractivity contribution in [3.63, 3.8) is 0 Å². The Morgan fingerprint density at radius 2 is 2.17 bits per heavy atom. The van der Waals surface area contributed by atoms with Crippen LogP contribution in [0.5, 0.6) is 0 Å². The standard InChI is InChI=1S/C14H26N2O2/c1-10-5-4-8-16(10)11(2)9-14(3,13(17)18)15-12-6-7-12/h10-12,15H,4-9H2,1-3H3,(H,17,18). The highest BCUT2D eigenvalue weighted by Gasteiger charge is 2.41. The van der Waals surface area contributed by atoms with Gasteiger partial charge in [0.05, 0.1) is 0 Å². The van der Waals surface area contributed by atoms with Crippen LogP contribution in [0.4, 0.5) is 0 Å². The fraction of sp³-hybridized carbons (Fsp3) is 0.929. The van der Waals surface area contributed by atoms with Gasteiger partial charge in [-0.2, -0.15) is 0 Å². The first-order chi connectivity index (χ1) is 8.42. The Labute approximate surface area is 110 Å². The van der Waals surface area contributed by atoms with Gasteiger partial charge >= 0.3 is 5.97 Å². The summed E-state index contributed by atoms with van der Waals surface area (Å²) >= 11 is 0. The molecule has 3 unspecified atom stereocenters. The van der Waals surface area contributed by atoms with Gasteiger partial charge in [0.25, 0.3) is 0 Å². The summed E-state index contributed by atoms with van der Waals surface area (Å²) in [7, 11) is 0. The van der Waals surface area contributed by atoms with Crippen molar-refractivity contribution in [2.45, 2.75) is 76.5 Å². The molecule has 2 N–H and O–H groups in total. The molecule has 1 aliphatic carbocycles. The maximum absolute atomic E-state index is 11.5. The van der Waals surface area contributed by atoms with E-state index in [0.717, 1.165) is 19.4 Å². The lowest BCUT2D eigenvalue weighted by molar-refractivity contribution is -0.145. The maximum atomic E-state index is 11.5. The summed E-state index contributed by atoms with van der Waals surface area (Å²) in [5.41, 5.74) is -0.775. The Morgan fingerprint density at radius 1 is 1.50 bits per heavy atom. The van der Waals surface area contributed by atoms with Gasteiger partial charge in [0.2, 0.25) is 0 Å². The number of nitrogens with zero attached hydrogens (tertiary/aromatic N) is 1. The highest BCUT2D eigenvalue weighted by atomic mass is 16.4. The largest absolute Gasteiger partial charge is 0.480 e. The summed E-state index contributed by atoms with van der Waals surface area (Å²) in [5.74, 6) is -0.715. The monoisotopic (exact) mass is 254 g/mol. The molecular formula is C14H26N2O2. The van der Waals surface area contributed by atoms with Gasteiger partial charge in [-0.1, -0.05) is 0 Å². The van der Waals surface area contributed by atoms with Crippen molar-refractivity contribution < 1.29 is 9.90 Å². The van der Waals surface area contributed by atoms with Crippen LogP contribution in [0.15, 0.2) is 0 Å². The van der Waals surface area contributed by atoms with Crippen LogP contribution in [-0.2, 0) is 4.79 Å². The van der Waals surface area contributed by atoms with Gasteiger partial charge in [0.1, 0.15) is 5.54 Å². The third-order valence-corrected chi connectivity index (χ3v) is 4.45. The topological polar surface area (TPSA) is 52.6 Å². The van der Waals surface area contributed by atoms with Crippen LogP contribution in [0, 0.1) is 0 Å². The van der Waals surface area contributed by atoms with E-state index in [1.165, 1.54) is 12.8 Å². The Hall–Kier alpha value is -0.610. The van der Waals surface area contributed by atoms with Gasteiger partial charge < -0.3 is 5.11 Å². The van der Waals surface area contributed by atoms with E-state index in [-0.39, 0.29) is 0 Å². The van der Waals surface area contributed by atoms with E-state index in [2.05, 4.69) is 24.1 Å². The van der Waals surface area contributed by atoms with E-state index in [0.29, 0.717) is 24.5 Å². The quantitative estimate of drug-likeness (QED) is 0.759. The van der Waals surface area contributed by atoms with Gasteiger partial charge in [0, 0.05) is 18.1 Å². The molecule has 1 saturated carbocycles. The van der Waals surface area contributed by atoms with Gasteiger partial charge in [-0.05, 0) is 59.4 Å². The predicted octanol–water partition coefficient (Wildman–Crippen LogP) is 1.84. The first-order valence-corrected chi connectivity index (χ1v) is 7.19. The fourth-order valence-electron chi connectivity index (χ4n) is 3.20. The molecule has 1 heterocycles. The molecule has 2 fully saturated rings. The third-order valence-electron chi connectivity index (χ3n) is 4.45. The lowest BCUT2D eigenvalue weighted by Gasteiger charge is -2.35. The number of carboxylic acids is 1. The van der Waals surface area contributed by atoms with E-state index in [1.807, 2.05) is 6.92 Å². The molecule has 1 saturated heterocycles. The molecule has 0 spiro atoms. The van der Waals surface area contributed by atoms with Gasteiger partial charge in [-0.25, -0.2) is 0 Å². The number of likely N-dealkylation sites (tertiary alicyclic amines) is 1. The normalized spacial score (nSPS) is 30.1. The van der Waals surface area contributed by atoms with Crippen molar-refractivity contribution in [3.05, 3.63) is 0 Å². The van der Waals surface area contributed by atoms with Gasteiger partial charge in [-0.3, -0.25) is 15.0 Å². The molecule has 104 valence electrons. The zero-order valence-electron chi connectivity index (χ0n) is 11.8. The van der Waals surface area contributed by atoms with Crippen LogP contribution in [0.3, 0.4) is 0 Å². The second-order valence-electron chi connectivity index (χ2n) is 6.34. The molecule has 18 heavy (non-hydrogen) atoms. The summed E-state index contributed by atoms with van der Waals surface area (Å²) in [6.07, 6.45) is 5.41. The predicted molar refractivity (Wildman–Crippen MR) is 71.7 cm³/mol. The van der Waals surface area contributed by atoms with Gasteiger partial charge in [-0.15, -0.1) is 0 Å². The van der Waals surface area contributed by atoms with Crippen LogP contribution in [0.2, 0.25) is 0 Å². The summed E-state index contributed by atoms with van der Waals surface area (Å²) in [6, 6.07) is 1.35. The molecule has 4 nitrogen and oxygen atoms in total. The summed E-state index contributed by atoms with van der Waals surface area (Å²) in [5, 5.41) is 12.8. The third kappa shape index (κ3) is 3.04. The molecule has 0 aromatic carbocycles. The number of hydrogen-bond acceptors (Lipinski definition) is 3. The van der Waals surface area contributed by atoms with Crippen molar-refractivity contribution in [2.24, 2.45) is 0 Å². The SMILES string of the molecule is CC1CCCN1C(C)CC(C)(NC1CC1)C(=O)O. The molecule has 4 heteroatoms. The Kier molecular flexibility index (Phi) is 3.97. The van der Waals surface area contributed by atoms with Crippen LogP contribution in [0.1, 0.15) is 52.9 Å². The van der Waals surface area contributed by atoms with Crippen molar-refractivity contribution in [2.75, 3.05) is 6.54 Å². The van der Waals surface area contributed by atoms with E-state index in [9.17, 15) is 9.90 Å². The molecule has 0 bridgehead atoms. The zero-order chi connectivity index (χ0) is 13.3. The maximum Gasteiger partial charge on any atom is 0.323 e. The Morgan fingerprint density at radius 3 is 2.61 bits per heavy atom. The molecule has 3 atom stereocenters. The second-order valence-corrected chi connectivity index (χ2v) is 6.34. The van der Waals surface area contributed by atoms with E-state index < -0.39 is 11.5 Å². The minimum absolute atomic E-state index is 0.329. The number of nitrogens with one attached hydrogen (secondary N) is 1. The average Bonchev–Trinajstić information content (AvgIpc) is 2.97. The van der Waals surface area contributed by atoms with Crippen molar-refractivity contribution >= 4 is 5.97 Å². The first kappa shape index (κ1) is 13.8. The molecule has 2 aliphatic rings. The highest BCUT2D eigenvalue weighted by Crippen LogP contribution is 2.28. The van der Waals surface area contributed by atoms with Gasteiger partial charge in [0.15, 0.2) is 0 Å². The van der Waals surface area contributed by atoms with E-state index >= 15 is 0 Å². The van der Waals surface area contributed by atoms with E-state index in [4.69, 9.17) is 0 Å². The van der Waals surface area contributed by atoms with Crippen molar-refractivity contribution in [1.29, 1.82) is 0 Å². The summed E-state index contributed by atoms with van der Waals surface area (Å²) in [6.45, 7) is 7.36. The van der Waals surface area contributed by atoms with E-state index in [1.54, 1.807) is 0 Å². The number of hydrogen-bond donors (Lipinski definition) is 2. The van der Waals surface area contributed by atoms with Crippen LogP contribution < -0.4 is 5.32 Å². The van der Waals surface area contributed by atoms with Crippen LogP contribution >= 0.6 is 0 Å². The molecule has 0 aromatic heterocycles. The lowest BCUT2D eigenvalue weighted by atomic mass is 9.92. The average molecular weight is 254 g/mol. The number of rotatable bonds is 6. The minimum atomic E-state index is -0.775. The molecule has 1 aliphatic heterocycles. The van der Waals surface area contributed by atoms with Crippen molar-refractivity contribution in [3.8, 4) is 0 Å². The highest BCUT2D eigenvalue weighted by molar-refractivity contribution is 5.78. The molecular weight excluding hydrogens is 228 g/mol. The lowest BCUT2D eigenvalue weighted by Crippen LogP contribution is -2.54. The second kappa shape index (κ2) is 5.17. The first-order valence-electron chi connectivity index (χ1n) is 7.19. The number of carbonyl (C=O) groups is 1. The molecule has 0 radical (unpaired) electrons.